The van der Waals surface area contributed by atoms with Crippen LogP contribution in [0.2, 0.25) is 0 Å². The number of hydrogen-bond acceptors (Lipinski definition) is 4. The summed E-state index contributed by atoms with van der Waals surface area (Å²) in [6.45, 7) is 0. The lowest BCUT2D eigenvalue weighted by Crippen LogP contribution is -2.14. The van der Waals surface area contributed by atoms with Gasteiger partial charge < -0.3 is 10.3 Å². The molecule has 5 nitrogen and oxygen atoms in total. The third-order valence-electron chi connectivity index (χ3n) is 5.54. The van der Waals surface area contributed by atoms with Crippen molar-refractivity contribution in [3.63, 3.8) is 0 Å². The number of rotatable bonds is 8. The maximum atomic E-state index is 12.8. The SMILES string of the molecule is O=C(CSCc1ccccc1)Nc1cccc(-c2nc3ccc(C(=O)c4ccccc4)cc3[nH]2)c1. The van der Waals surface area contributed by atoms with E-state index in [0.717, 1.165) is 22.3 Å². The molecule has 1 heterocycles. The molecule has 6 heteroatoms. The molecule has 0 unspecified atom stereocenters. The molecular weight excluding hydrogens is 454 g/mol. The molecule has 2 N–H and O–H groups in total. The van der Waals surface area contributed by atoms with Crippen LogP contribution in [0.3, 0.4) is 0 Å². The largest absolute Gasteiger partial charge is 0.338 e. The maximum Gasteiger partial charge on any atom is 0.234 e. The standard InChI is InChI=1S/C29H23N3O2S/c33-27(19-35-18-20-8-3-1-4-9-20)30-24-13-7-12-23(16-24)29-31-25-15-14-22(17-26(25)32-29)28(34)21-10-5-2-6-11-21/h1-17H,18-19H2,(H,30,33)(H,31,32). The van der Waals surface area contributed by atoms with E-state index in [9.17, 15) is 9.59 Å². The molecule has 0 radical (unpaired) electrons. The van der Waals surface area contributed by atoms with E-state index in [1.807, 2.05) is 84.9 Å². The fraction of sp³-hybridized carbons (Fsp3) is 0.0690. The minimum absolute atomic E-state index is 0.0292. The van der Waals surface area contributed by atoms with Crippen LogP contribution in [0, 0.1) is 0 Å². The zero-order valence-electron chi connectivity index (χ0n) is 18.9. The van der Waals surface area contributed by atoms with E-state index in [4.69, 9.17) is 0 Å². The molecule has 0 saturated carbocycles. The fourth-order valence-corrected chi connectivity index (χ4v) is 4.61. The van der Waals surface area contributed by atoms with E-state index in [0.29, 0.717) is 28.4 Å². The van der Waals surface area contributed by atoms with Gasteiger partial charge in [-0.15, -0.1) is 11.8 Å². The van der Waals surface area contributed by atoms with Gasteiger partial charge in [-0.1, -0.05) is 72.8 Å². The van der Waals surface area contributed by atoms with Gasteiger partial charge in [-0.2, -0.15) is 0 Å². The van der Waals surface area contributed by atoms with Gasteiger partial charge in [0.2, 0.25) is 5.91 Å². The number of fused-ring (bicyclic) bond motifs is 1. The molecule has 35 heavy (non-hydrogen) atoms. The van der Waals surface area contributed by atoms with Crippen molar-refractivity contribution in [2.24, 2.45) is 0 Å². The molecule has 0 saturated heterocycles. The van der Waals surface area contributed by atoms with Crippen LogP contribution in [-0.4, -0.2) is 27.4 Å². The number of nitrogens with zero attached hydrogens (tertiary/aromatic N) is 1. The van der Waals surface area contributed by atoms with Gasteiger partial charge in [0.1, 0.15) is 5.82 Å². The first-order chi connectivity index (χ1) is 17.2. The van der Waals surface area contributed by atoms with Gasteiger partial charge in [0, 0.05) is 28.1 Å². The van der Waals surface area contributed by atoms with Crippen LogP contribution in [0.25, 0.3) is 22.4 Å². The number of carbonyl (C=O) groups excluding carboxylic acids is 2. The van der Waals surface area contributed by atoms with Gasteiger partial charge in [-0.25, -0.2) is 4.98 Å². The quantitative estimate of drug-likeness (QED) is 0.256. The van der Waals surface area contributed by atoms with E-state index < -0.39 is 0 Å². The van der Waals surface area contributed by atoms with Crippen molar-refractivity contribution in [2.75, 3.05) is 11.1 Å². The molecule has 0 aliphatic rings. The summed E-state index contributed by atoms with van der Waals surface area (Å²) in [4.78, 5) is 33.2. The van der Waals surface area contributed by atoms with E-state index >= 15 is 0 Å². The lowest BCUT2D eigenvalue weighted by molar-refractivity contribution is -0.113. The maximum absolute atomic E-state index is 12.8. The second-order valence-corrected chi connectivity index (χ2v) is 9.11. The van der Waals surface area contributed by atoms with Crippen molar-refractivity contribution < 1.29 is 9.59 Å². The van der Waals surface area contributed by atoms with E-state index in [2.05, 4.69) is 27.4 Å². The van der Waals surface area contributed by atoms with Crippen LogP contribution in [0.5, 0.6) is 0 Å². The molecule has 172 valence electrons. The topological polar surface area (TPSA) is 74.8 Å². The summed E-state index contributed by atoms with van der Waals surface area (Å²) in [6, 6.07) is 32.4. The number of carbonyl (C=O) groups is 2. The number of benzene rings is 4. The van der Waals surface area contributed by atoms with Crippen molar-refractivity contribution in [2.45, 2.75) is 5.75 Å². The number of nitrogens with one attached hydrogen (secondary N) is 2. The Morgan fingerprint density at radius 2 is 1.57 bits per heavy atom. The number of hydrogen-bond donors (Lipinski definition) is 2. The van der Waals surface area contributed by atoms with E-state index in [1.54, 1.807) is 17.8 Å². The van der Waals surface area contributed by atoms with Crippen molar-refractivity contribution >= 4 is 40.2 Å². The highest BCUT2D eigenvalue weighted by Gasteiger charge is 2.12. The lowest BCUT2D eigenvalue weighted by Gasteiger charge is -2.07. The number of aromatic amines is 1. The van der Waals surface area contributed by atoms with E-state index in [1.165, 1.54) is 5.56 Å². The molecule has 0 bridgehead atoms. The number of anilines is 1. The molecule has 5 rings (SSSR count). The van der Waals surface area contributed by atoms with Crippen LogP contribution < -0.4 is 5.32 Å². The van der Waals surface area contributed by atoms with Crippen molar-refractivity contribution in [3.05, 3.63) is 120 Å². The van der Waals surface area contributed by atoms with Crippen LogP contribution in [-0.2, 0) is 10.5 Å². The summed E-state index contributed by atoms with van der Waals surface area (Å²) in [5, 5.41) is 2.97. The highest BCUT2D eigenvalue weighted by atomic mass is 32.2. The zero-order chi connectivity index (χ0) is 24.0. The number of aromatic nitrogens is 2. The third-order valence-corrected chi connectivity index (χ3v) is 6.55. The summed E-state index contributed by atoms with van der Waals surface area (Å²) >= 11 is 1.58. The first-order valence-corrected chi connectivity index (χ1v) is 12.4. The summed E-state index contributed by atoms with van der Waals surface area (Å²) < 4.78 is 0. The molecule has 1 amide bonds. The molecule has 0 spiro atoms. The molecular formula is C29H23N3O2S. The predicted octanol–water partition coefficient (Wildman–Crippen LogP) is 6.33. The average Bonchev–Trinajstić information content (AvgIpc) is 3.33. The minimum Gasteiger partial charge on any atom is -0.338 e. The highest BCUT2D eigenvalue weighted by molar-refractivity contribution is 7.99. The molecule has 0 fully saturated rings. The smallest absolute Gasteiger partial charge is 0.234 e. The fourth-order valence-electron chi connectivity index (χ4n) is 3.82. The Bertz CT molecular complexity index is 1480. The molecule has 5 aromatic rings. The molecule has 0 aliphatic heterocycles. The second-order valence-electron chi connectivity index (χ2n) is 8.12. The Balaban J connectivity index is 1.27. The summed E-state index contributed by atoms with van der Waals surface area (Å²) in [5.41, 5.74) is 5.58. The molecule has 1 aromatic heterocycles. The normalized spacial score (nSPS) is 10.9. The number of H-pyrrole nitrogens is 1. The van der Waals surface area contributed by atoms with Crippen LogP contribution in [0.15, 0.2) is 103 Å². The predicted molar refractivity (Wildman–Crippen MR) is 143 cm³/mol. The average molecular weight is 478 g/mol. The Labute approximate surface area is 207 Å². The van der Waals surface area contributed by atoms with Gasteiger partial charge >= 0.3 is 0 Å². The summed E-state index contributed by atoms with van der Waals surface area (Å²) in [6.07, 6.45) is 0. The Kier molecular flexibility index (Phi) is 6.73. The Morgan fingerprint density at radius 3 is 2.37 bits per heavy atom. The van der Waals surface area contributed by atoms with Crippen molar-refractivity contribution in [1.29, 1.82) is 0 Å². The number of imidazole rings is 1. The zero-order valence-corrected chi connectivity index (χ0v) is 19.7. The van der Waals surface area contributed by atoms with Gasteiger partial charge in [-0.05, 0) is 35.9 Å². The lowest BCUT2D eigenvalue weighted by atomic mass is 10.0. The molecule has 4 aromatic carbocycles. The van der Waals surface area contributed by atoms with Gasteiger partial charge in [-0.3, -0.25) is 9.59 Å². The number of amides is 1. The molecule has 0 aliphatic carbocycles. The van der Waals surface area contributed by atoms with Gasteiger partial charge in [0.25, 0.3) is 0 Å². The first-order valence-electron chi connectivity index (χ1n) is 11.3. The summed E-state index contributed by atoms with van der Waals surface area (Å²) in [7, 11) is 0. The van der Waals surface area contributed by atoms with E-state index in [-0.39, 0.29) is 11.7 Å². The van der Waals surface area contributed by atoms with Crippen molar-refractivity contribution in [3.8, 4) is 11.4 Å². The van der Waals surface area contributed by atoms with Crippen LogP contribution in [0.1, 0.15) is 21.5 Å². The monoisotopic (exact) mass is 477 g/mol. The molecule has 0 atom stereocenters. The summed E-state index contributed by atoms with van der Waals surface area (Å²) in [5.74, 6) is 1.78. The Hall–Kier alpha value is -4.16. The Morgan fingerprint density at radius 1 is 0.800 bits per heavy atom. The number of ketones is 1. The van der Waals surface area contributed by atoms with Crippen molar-refractivity contribution in [1.82, 2.24) is 9.97 Å². The third kappa shape index (κ3) is 5.50. The number of thioether (sulfide) groups is 1. The van der Waals surface area contributed by atoms with Crippen LogP contribution in [0.4, 0.5) is 5.69 Å². The van der Waals surface area contributed by atoms with Crippen LogP contribution >= 0.6 is 11.8 Å². The minimum atomic E-state index is -0.0447. The second kappa shape index (κ2) is 10.4. The van der Waals surface area contributed by atoms with Gasteiger partial charge in [0.05, 0.1) is 16.8 Å². The van der Waals surface area contributed by atoms with Gasteiger partial charge in [0.15, 0.2) is 5.78 Å². The highest BCUT2D eigenvalue weighted by Crippen LogP contribution is 2.25. The first kappa shape index (κ1) is 22.6.